The molecule has 114 valence electrons. The number of rotatable bonds is 4. The van der Waals surface area contributed by atoms with Crippen LogP contribution in [0.4, 0.5) is 11.4 Å². The van der Waals surface area contributed by atoms with Gasteiger partial charge in [0.2, 0.25) is 0 Å². The van der Waals surface area contributed by atoms with Crippen LogP contribution in [0.1, 0.15) is 10.4 Å². The number of pyridine rings is 1. The van der Waals surface area contributed by atoms with E-state index in [-0.39, 0.29) is 22.7 Å². The maximum Gasteiger partial charge on any atom is 0.273 e. The number of nitro groups is 1. The Kier molecular flexibility index (Phi) is 4.07. The second-order valence-corrected chi connectivity index (χ2v) is 4.21. The number of aromatic amines is 1. The number of nitro benzene ring substituents is 1. The molecule has 0 aliphatic heterocycles. The molecule has 1 amide bonds. The summed E-state index contributed by atoms with van der Waals surface area (Å²) in [5, 5.41) is 22.4. The maximum absolute atomic E-state index is 12.0. The number of methoxy groups -OCH3 is 1. The minimum absolute atomic E-state index is 0.0679. The van der Waals surface area contributed by atoms with Crippen LogP contribution in [0.25, 0.3) is 0 Å². The van der Waals surface area contributed by atoms with Crippen LogP contribution in [0.3, 0.4) is 0 Å². The predicted molar refractivity (Wildman–Crippen MR) is 76.3 cm³/mol. The fourth-order valence-corrected chi connectivity index (χ4v) is 1.75. The van der Waals surface area contributed by atoms with E-state index in [0.717, 1.165) is 18.2 Å². The summed E-state index contributed by atoms with van der Waals surface area (Å²) in [6.07, 6.45) is 0. The summed E-state index contributed by atoms with van der Waals surface area (Å²) in [6.45, 7) is 0. The number of aromatic nitrogens is 1. The third-order valence-corrected chi connectivity index (χ3v) is 2.74. The van der Waals surface area contributed by atoms with Crippen molar-refractivity contribution in [3.05, 3.63) is 56.4 Å². The first kappa shape index (κ1) is 15.0. The number of nitrogens with one attached hydrogen (secondary N) is 2. The largest absolute Gasteiger partial charge is 0.494 e. The van der Waals surface area contributed by atoms with Gasteiger partial charge in [-0.3, -0.25) is 24.7 Å². The van der Waals surface area contributed by atoms with Crippen LogP contribution in [0.5, 0.6) is 11.6 Å². The lowest BCUT2D eigenvalue weighted by Crippen LogP contribution is -2.16. The van der Waals surface area contributed by atoms with Gasteiger partial charge in [0.1, 0.15) is 5.75 Å². The number of carbonyl (C=O) groups excluding carboxylic acids is 1. The Hall–Kier alpha value is -3.36. The molecule has 1 aromatic heterocycles. The van der Waals surface area contributed by atoms with Crippen molar-refractivity contribution in [3.63, 3.8) is 0 Å². The molecule has 0 spiro atoms. The zero-order valence-electron chi connectivity index (χ0n) is 11.3. The van der Waals surface area contributed by atoms with Gasteiger partial charge in [0.25, 0.3) is 17.2 Å². The first-order chi connectivity index (χ1) is 10.4. The molecule has 2 aromatic rings. The minimum Gasteiger partial charge on any atom is -0.494 e. The first-order valence-electron chi connectivity index (χ1n) is 5.98. The molecule has 1 aromatic carbocycles. The van der Waals surface area contributed by atoms with E-state index in [2.05, 4.69) is 10.3 Å². The molecule has 0 radical (unpaired) electrons. The average Bonchev–Trinajstić information content (AvgIpc) is 2.46. The van der Waals surface area contributed by atoms with Crippen LogP contribution in [-0.2, 0) is 0 Å². The highest BCUT2D eigenvalue weighted by molar-refractivity contribution is 6.05. The van der Waals surface area contributed by atoms with Crippen molar-refractivity contribution in [2.45, 2.75) is 0 Å². The normalized spacial score (nSPS) is 10.0. The molecule has 0 saturated heterocycles. The van der Waals surface area contributed by atoms with Crippen LogP contribution in [-0.4, -0.2) is 28.0 Å². The van der Waals surface area contributed by atoms with E-state index >= 15 is 0 Å². The minimum atomic E-state index is -0.673. The van der Waals surface area contributed by atoms with E-state index in [1.807, 2.05) is 0 Å². The van der Waals surface area contributed by atoms with Gasteiger partial charge in [-0.05, 0) is 6.07 Å². The van der Waals surface area contributed by atoms with Gasteiger partial charge >= 0.3 is 0 Å². The van der Waals surface area contributed by atoms with Gasteiger partial charge in [-0.15, -0.1) is 0 Å². The molecule has 0 aliphatic rings. The number of non-ortho nitro benzene ring substituents is 1. The van der Waals surface area contributed by atoms with E-state index in [4.69, 9.17) is 4.74 Å². The smallest absolute Gasteiger partial charge is 0.273 e. The monoisotopic (exact) mass is 305 g/mol. The predicted octanol–water partition coefficient (Wildman–Crippen LogP) is 1.25. The second kappa shape index (κ2) is 5.95. The Balaban J connectivity index is 2.31. The van der Waals surface area contributed by atoms with E-state index in [1.54, 1.807) is 0 Å². The summed E-state index contributed by atoms with van der Waals surface area (Å²) in [5.74, 6) is -1.03. The second-order valence-electron chi connectivity index (χ2n) is 4.21. The third-order valence-electron chi connectivity index (χ3n) is 2.74. The fourth-order valence-electron chi connectivity index (χ4n) is 1.75. The average molecular weight is 305 g/mol. The maximum atomic E-state index is 12.0. The number of amides is 1. The Labute approximate surface area is 123 Å². The summed E-state index contributed by atoms with van der Waals surface area (Å²) in [6, 6.07) is 5.75. The van der Waals surface area contributed by atoms with E-state index in [1.165, 1.54) is 19.2 Å². The SMILES string of the molecule is COc1cc([N+](=O)[O-])ccc1NC(=O)c1cc(O)[nH]c(=O)c1. The molecule has 22 heavy (non-hydrogen) atoms. The molecule has 2 rings (SSSR count). The topological polar surface area (TPSA) is 135 Å². The highest BCUT2D eigenvalue weighted by Crippen LogP contribution is 2.29. The van der Waals surface area contributed by atoms with Gasteiger partial charge in [-0.25, -0.2) is 0 Å². The first-order valence-corrected chi connectivity index (χ1v) is 5.98. The molecule has 0 bridgehead atoms. The number of benzene rings is 1. The van der Waals surface area contributed by atoms with E-state index < -0.39 is 22.3 Å². The Bertz CT molecular complexity index is 799. The Morgan fingerprint density at radius 2 is 2.09 bits per heavy atom. The van der Waals surface area contributed by atoms with Crippen LogP contribution < -0.4 is 15.6 Å². The highest BCUT2D eigenvalue weighted by atomic mass is 16.6. The van der Waals surface area contributed by atoms with Gasteiger partial charge in [0.15, 0.2) is 5.88 Å². The van der Waals surface area contributed by atoms with Crippen molar-refractivity contribution in [1.29, 1.82) is 0 Å². The summed E-state index contributed by atoms with van der Waals surface area (Å²) >= 11 is 0. The van der Waals surface area contributed by atoms with Gasteiger partial charge in [-0.1, -0.05) is 0 Å². The number of anilines is 1. The molecule has 0 unspecified atom stereocenters. The summed E-state index contributed by atoms with van der Waals surface area (Å²) < 4.78 is 4.98. The lowest BCUT2D eigenvalue weighted by molar-refractivity contribution is -0.384. The van der Waals surface area contributed by atoms with Crippen molar-refractivity contribution in [2.24, 2.45) is 0 Å². The van der Waals surface area contributed by atoms with Gasteiger partial charge in [-0.2, -0.15) is 0 Å². The molecule has 0 fully saturated rings. The van der Waals surface area contributed by atoms with Crippen LogP contribution in [0.2, 0.25) is 0 Å². The number of aromatic hydroxyl groups is 1. The van der Waals surface area contributed by atoms with Crippen molar-refractivity contribution < 1.29 is 19.6 Å². The number of hydrogen-bond donors (Lipinski definition) is 3. The summed E-state index contributed by atoms with van der Waals surface area (Å²) in [7, 11) is 1.30. The Morgan fingerprint density at radius 1 is 1.36 bits per heavy atom. The highest BCUT2D eigenvalue weighted by Gasteiger charge is 2.15. The zero-order chi connectivity index (χ0) is 16.3. The Morgan fingerprint density at radius 3 is 2.68 bits per heavy atom. The van der Waals surface area contributed by atoms with E-state index in [0.29, 0.717) is 0 Å². The molecule has 9 nitrogen and oxygen atoms in total. The fraction of sp³-hybridized carbons (Fsp3) is 0.0769. The van der Waals surface area contributed by atoms with E-state index in [9.17, 15) is 24.8 Å². The van der Waals surface area contributed by atoms with Crippen molar-refractivity contribution in [2.75, 3.05) is 12.4 Å². The molecule has 9 heteroatoms. The number of ether oxygens (including phenoxy) is 1. The molecule has 3 N–H and O–H groups in total. The molecule has 1 heterocycles. The molecular formula is C13H11N3O6. The standard InChI is InChI=1S/C13H11N3O6/c1-22-10-6-8(16(20)21)2-3-9(10)14-13(19)7-4-11(17)15-12(18)5-7/h2-6H,1H3,(H,14,19)(H2,15,17,18). The number of nitrogens with zero attached hydrogens (tertiary/aromatic N) is 1. The van der Waals surface area contributed by atoms with Crippen LogP contribution in [0.15, 0.2) is 35.1 Å². The zero-order valence-corrected chi connectivity index (χ0v) is 11.3. The summed E-state index contributed by atoms with van der Waals surface area (Å²) in [4.78, 5) is 35.5. The molecule has 0 aliphatic carbocycles. The number of H-pyrrole nitrogens is 1. The third kappa shape index (κ3) is 3.20. The van der Waals surface area contributed by atoms with Crippen molar-refractivity contribution in [3.8, 4) is 11.6 Å². The summed E-state index contributed by atoms with van der Waals surface area (Å²) in [5.41, 5.74) is -0.705. The lowest BCUT2D eigenvalue weighted by Gasteiger charge is -2.10. The molecule has 0 saturated carbocycles. The quantitative estimate of drug-likeness (QED) is 0.574. The molecule has 0 atom stereocenters. The van der Waals surface area contributed by atoms with Gasteiger partial charge < -0.3 is 15.2 Å². The van der Waals surface area contributed by atoms with Crippen LogP contribution >= 0.6 is 0 Å². The molecular weight excluding hydrogens is 294 g/mol. The van der Waals surface area contributed by atoms with Crippen LogP contribution in [0, 0.1) is 10.1 Å². The number of carbonyl (C=O) groups is 1. The number of hydrogen-bond acceptors (Lipinski definition) is 6. The lowest BCUT2D eigenvalue weighted by atomic mass is 10.2. The van der Waals surface area contributed by atoms with Gasteiger partial charge in [0.05, 0.1) is 29.4 Å². The van der Waals surface area contributed by atoms with Crippen molar-refractivity contribution >= 4 is 17.3 Å². The van der Waals surface area contributed by atoms with Gasteiger partial charge in [0, 0.05) is 18.2 Å². The van der Waals surface area contributed by atoms with Crippen molar-refractivity contribution in [1.82, 2.24) is 4.98 Å².